The molecule has 3 aromatic rings. The summed E-state index contributed by atoms with van der Waals surface area (Å²) >= 11 is 12.7. The minimum absolute atomic E-state index is 0.0422. The van der Waals surface area contributed by atoms with E-state index >= 15 is 0 Å². The van der Waals surface area contributed by atoms with Crippen molar-refractivity contribution < 1.29 is 18.0 Å². The second-order valence-electron chi connectivity index (χ2n) is 10.7. The van der Waals surface area contributed by atoms with Gasteiger partial charge in [0.15, 0.2) is 0 Å². The topological polar surface area (TPSA) is 86.8 Å². The Labute approximate surface area is 258 Å². The van der Waals surface area contributed by atoms with E-state index < -0.39 is 28.5 Å². The smallest absolute Gasteiger partial charge is 0.264 e. The Kier molecular flexibility index (Phi) is 10.9. The molecular formula is C32H37Cl2N3O4S. The molecule has 1 N–H and O–H groups in total. The Balaban J connectivity index is 1.71. The number of aryl methyl sites for hydroxylation is 1. The molecule has 0 spiro atoms. The van der Waals surface area contributed by atoms with Crippen LogP contribution in [0.2, 0.25) is 10.0 Å². The highest BCUT2D eigenvalue weighted by Gasteiger charge is 2.34. The van der Waals surface area contributed by atoms with Gasteiger partial charge in [0.2, 0.25) is 11.8 Å². The highest BCUT2D eigenvalue weighted by atomic mass is 35.5. The number of anilines is 1. The van der Waals surface area contributed by atoms with E-state index in [2.05, 4.69) is 5.32 Å². The van der Waals surface area contributed by atoms with Gasteiger partial charge in [0.05, 0.1) is 10.6 Å². The molecule has 42 heavy (non-hydrogen) atoms. The number of hydrogen-bond acceptors (Lipinski definition) is 4. The Morgan fingerprint density at radius 2 is 1.64 bits per heavy atom. The standard InChI is InChI=1S/C32H37Cl2N3O4S/c1-3-30(32(39)35-26-12-5-4-6-13-26)36(21-24-10-7-8-15-29(24)34)31(38)22-37(27-14-9-11-25(33)20-27)42(40,41)28-18-16-23(2)17-19-28/h7-11,14-20,26,30H,3-6,12-13,21-22H2,1-2H3,(H,35,39)/t30-/m0/s1. The molecule has 0 radical (unpaired) electrons. The number of nitrogens with zero attached hydrogens (tertiary/aromatic N) is 2. The largest absolute Gasteiger partial charge is 0.352 e. The van der Waals surface area contributed by atoms with Crippen molar-refractivity contribution >= 4 is 50.7 Å². The molecule has 224 valence electrons. The zero-order valence-electron chi connectivity index (χ0n) is 23.9. The quantitative estimate of drug-likeness (QED) is 0.254. The van der Waals surface area contributed by atoms with Crippen LogP contribution in [0.1, 0.15) is 56.6 Å². The molecule has 0 heterocycles. The van der Waals surface area contributed by atoms with Crippen LogP contribution in [-0.2, 0) is 26.2 Å². The molecule has 1 aliphatic rings. The van der Waals surface area contributed by atoms with Crippen molar-refractivity contribution in [2.75, 3.05) is 10.8 Å². The maximum Gasteiger partial charge on any atom is 0.264 e. The molecule has 0 aromatic heterocycles. The number of benzene rings is 3. The maximum atomic E-state index is 14.2. The molecular weight excluding hydrogens is 593 g/mol. The predicted molar refractivity (Wildman–Crippen MR) is 168 cm³/mol. The lowest BCUT2D eigenvalue weighted by atomic mass is 9.95. The SMILES string of the molecule is CC[C@@H](C(=O)NC1CCCCC1)N(Cc1ccccc1Cl)C(=O)CN(c1cccc(Cl)c1)S(=O)(=O)c1ccc(C)cc1. The molecule has 0 bridgehead atoms. The van der Waals surface area contributed by atoms with E-state index in [0.29, 0.717) is 22.0 Å². The van der Waals surface area contributed by atoms with Crippen LogP contribution >= 0.6 is 23.2 Å². The summed E-state index contributed by atoms with van der Waals surface area (Å²) in [6.07, 6.45) is 5.40. The highest BCUT2D eigenvalue weighted by molar-refractivity contribution is 7.92. The van der Waals surface area contributed by atoms with Crippen LogP contribution < -0.4 is 9.62 Å². The van der Waals surface area contributed by atoms with E-state index in [1.165, 1.54) is 23.1 Å². The third-order valence-electron chi connectivity index (χ3n) is 7.62. The number of hydrogen-bond donors (Lipinski definition) is 1. The van der Waals surface area contributed by atoms with Gasteiger partial charge in [0.1, 0.15) is 12.6 Å². The first kappa shape index (κ1) is 31.9. The van der Waals surface area contributed by atoms with Gasteiger partial charge in [-0.1, -0.05) is 91.3 Å². The van der Waals surface area contributed by atoms with E-state index in [4.69, 9.17) is 23.2 Å². The molecule has 0 saturated heterocycles. The monoisotopic (exact) mass is 629 g/mol. The molecule has 10 heteroatoms. The average Bonchev–Trinajstić information content (AvgIpc) is 2.97. The first-order chi connectivity index (χ1) is 20.1. The number of rotatable bonds is 11. The summed E-state index contributed by atoms with van der Waals surface area (Å²) in [5.74, 6) is -0.781. The van der Waals surface area contributed by atoms with Crippen molar-refractivity contribution in [2.45, 2.75) is 75.9 Å². The summed E-state index contributed by atoms with van der Waals surface area (Å²) in [4.78, 5) is 29.3. The second-order valence-corrected chi connectivity index (χ2v) is 13.4. The lowest BCUT2D eigenvalue weighted by Gasteiger charge is -2.34. The molecule has 3 aromatic carbocycles. The zero-order valence-corrected chi connectivity index (χ0v) is 26.3. The van der Waals surface area contributed by atoms with E-state index in [1.54, 1.807) is 48.5 Å². The molecule has 1 saturated carbocycles. The van der Waals surface area contributed by atoms with Gasteiger partial charge >= 0.3 is 0 Å². The molecule has 1 fully saturated rings. The summed E-state index contributed by atoms with van der Waals surface area (Å²) in [6, 6.07) is 19.2. The van der Waals surface area contributed by atoms with E-state index in [9.17, 15) is 18.0 Å². The molecule has 7 nitrogen and oxygen atoms in total. The average molecular weight is 631 g/mol. The highest BCUT2D eigenvalue weighted by Crippen LogP contribution is 2.28. The van der Waals surface area contributed by atoms with Crippen molar-refractivity contribution in [2.24, 2.45) is 0 Å². The van der Waals surface area contributed by atoms with E-state index in [-0.39, 0.29) is 29.1 Å². The fourth-order valence-corrected chi connectivity index (χ4v) is 7.06. The molecule has 1 aliphatic carbocycles. The Morgan fingerprint density at radius 3 is 2.29 bits per heavy atom. The number of carbonyl (C=O) groups excluding carboxylic acids is 2. The molecule has 4 rings (SSSR count). The van der Waals surface area contributed by atoms with Crippen molar-refractivity contribution in [3.63, 3.8) is 0 Å². The summed E-state index contributed by atoms with van der Waals surface area (Å²) < 4.78 is 29.0. The van der Waals surface area contributed by atoms with Gasteiger partial charge in [-0.3, -0.25) is 13.9 Å². The van der Waals surface area contributed by atoms with Gasteiger partial charge < -0.3 is 10.2 Å². The normalized spacial score (nSPS) is 14.7. The van der Waals surface area contributed by atoms with Crippen LogP contribution in [0.25, 0.3) is 0 Å². The summed E-state index contributed by atoms with van der Waals surface area (Å²) in [7, 11) is -4.17. The van der Waals surface area contributed by atoms with Gasteiger partial charge in [-0.2, -0.15) is 0 Å². The van der Waals surface area contributed by atoms with Crippen LogP contribution in [0.4, 0.5) is 5.69 Å². The zero-order chi connectivity index (χ0) is 30.3. The Morgan fingerprint density at radius 1 is 0.952 bits per heavy atom. The number of sulfonamides is 1. The lowest BCUT2D eigenvalue weighted by molar-refractivity contribution is -0.140. The van der Waals surface area contributed by atoms with Crippen LogP contribution in [0, 0.1) is 6.92 Å². The molecule has 0 aliphatic heterocycles. The van der Waals surface area contributed by atoms with Crippen molar-refractivity contribution in [3.8, 4) is 0 Å². The number of amides is 2. The Bertz CT molecular complexity index is 1490. The molecule has 2 amide bonds. The van der Waals surface area contributed by atoms with Gasteiger partial charge in [-0.25, -0.2) is 8.42 Å². The van der Waals surface area contributed by atoms with Gasteiger partial charge in [-0.15, -0.1) is 0 Å². The third-order valence-corrected chi connectivity index (χ3v) is 10.0. The predicted octanol–water partition coefficient (Wildman–Crippen LogP) is 6.75. The fourth-order valence-electron chi connectivity index (χ4n) is 5.27. The van der Waals surface area contributed by atoms with Gasteiger partial charge in [0, 0.05) is 22.6 Å². The summed E-state index contributed by atoms with van der Waals surface area (Å²) in [5, 5.41) is 3.93. The summed E-state index contributed by atoms with van der Waals surface area (Å²) in [6.45, 7) is 3.22. The second kappa shape index (κ2) is 14.4. The van der Waals surface area contributed by atoms with E-state index in [0.717, 1.165) is 42.0 Å². The first-order valence-corrected chi connectivity index (χ1v) is 16.5. The maximum absolute atomic E-state index is 14.2. The van der Waals surface area contributed by atoms with E-state index in [1.807, 2.05) is 19.9 Å². The van der Waals surface area contributed by atoms with Gasteiger partial charge in [-0.05, 0) is 68.1 Å². The van der Waals surface area contributed by atoms with Crippen LogP contribution in [0.15, 0.2) is 77.7 Å². The number of nitrogens with one attached hydrogen (secondary N) is 1. The fraction of sp³-hybridized carbons (Fsp3) is 0.375. The Hall–Kier alpha value is -3.07. The number of halogens is 2. The summed E-state index contributed by atoms with van der Waals surface area (Å²) in [5.41, 5.74) is 1.81. The van der Waals surface area contributed by atoms with Crippen LogP contribution in [0.3, 0.4) is 0 Å². The van der Waals surface area contributed by atoms with Crippen LogP contribution in [0.5, 0.6) is 0 Å². The van der Waals surface area contributed by atoms with Crippen molar-refractivity contribution in [3.05, 3.63) is 94.0 Å². The number of carbonyl (C=O) groups is 2. The molecule has 0 unspecified atom stereocenters. The molecule has 1 atom stereocenters. The van der Waals surface area contributed by atoms with Crippen LogP contribution in [-0.4, -0.2) is 43.8 Å². The lowest BCUT2D eigenvalue weighted by Crippen LogP contribution is -2.54. The third kappa shape index (κ3) is 7.85. The van der Waals surface area contributed by atoms with Crippen molar-refractivity contribution in [1.82, 2.24) is 10.2 Å². The first-order valence-electron chi connectivity index (χ1n) is 14.3. The minimum Gasteiger partial charge on any atom is -0.352 e. The minimum atomic E-state index is -4.17. The van der Waals surface area contributed by atoms with Crippen molar-refractivity contribution in [1.29, 1.82) is 0 Å². The van der Waals surface area contributed by atoms with Gasteiger partial charge in [0.25, 0.3) is 10.0 Å².